The number of ether oxygens (including phenoxy) is 1. The van der Waals surface area contributed by atoms with Crippen molar-refractivity contribution in [3.8, 4) is 5.75 Å². The molecule has 0 spiro atoms. The maximum Gasteiger partial charge on any atom is 0.261 e. The number of nitrogens with zero attached hydrogens (tertiary/aromatic N) is 3. The number of rotatable bonds is 15. The van der Waals surface area contributed by atoms with Crippen LogP contribution in [0.5, 0.6) is 5.75 Å². The lowest BCUT2D eigenvalue weighted by Gasteiger charge is -2.41. The number of anilines is 1. The summed E-state index contributed by atoms with van der Waals surface area (Å²) in [6, 6.07) is 7.28. The van der Waals surface area contributed by atoms with Crippen molar-refractivity contribution in [1.82, 2.24) is 25.1 Å². The number of carbonyl (C=O) groups is 2. The lowest BCUT2D eigenvalue weighted by Crippen LogP contribution is -2.59. The maximum atomic E-state index is 14.0. The highest BCUT2D eigenvalue weighted by Crippen LogP contribution is 2.37. The van der Waals surface area contributed by atoms with E-state index in [9.17, 15) is 9.59 Å². The molecule has 3 rings (SSSR count). The van der Waals surface area contributed by atoms with Crippen LogP contribution in [0.1, 0.15) is 126 Å². The molecule has 2 heterocycles. The number of amides is 2. The fourth-order valence-corrected chi connectivity index (χ4v) is 5.44. The Labute approximate surface area is 268 Å². The molecule has 44 heavy (non-hydrogen) atoms. The van der Waals surface area contributed by atoms with Crippen molar-refractivity contribution in [3.63, 3.8) is 0 Å². The number of aromatic amines is 1. The van der Waals surface area contributed by atoms with Crippen molar-refractivity contribution in [2.75, 3.05) is 5.32 Å². The Morgan fingerprint density at radius 2 is 1.59 bits per heavy atom. The molecule has 0 aliphatic heterocycles. The molecule has 0 radical (unpaired) electrons. The third-order valence-electron chi connectivity index (χ3n) is 8.66. The van der Waals surface area contributed by atoms with Crippen LogP contribution in [0, 0.1) is 5.92 Å². The number of para-hydroxylation sites is 2. The Balaban J connectivity index is 1.88. The molecule has 3 aromatic rings. The zero-order valence-electron chi connectivity index (χ0n) is 28.4. The summed E-state index contributed by atoms with van der Waals surface area (Å²) in [6.07, 6.45) is 6.39. The van der Waals surface area contributed by atoms with Gasteiger partial charge in [-0.05, 0) is 38.8 Å². The van der Waals surface area contributed by atoms with Crippen molar-refractivity contribution in [1.29, 1.82) is 0 Å². The fourth-order valence-electron chi connectivity index (χ4n) is 4.99. The summed E-state index contributed by atoms with van der Waals surface area (Å²) in [5.41, 5.74) is 0.342. The second-order valence-electron chi connectivity index (χ2n) is 14.3. The molecule has 9 nitrogen and oxygen atoms in total. The standard InChI is InChI=1S/C34H53ClN6O3/c1-11-12-13-14-15-16-21-25(44-24-20-18-17-19-23(24)36-29(42)22(2)3)30(43)37-34(9,10)33(7,8)31-39-38-28-26(35)27(32(4,5)6)40-41(28)31/h17-20,22,25,40H,11-16,21H2,1-10H3,(H,36,42)(H,37,43). The highest BCUT2D eigenvalue weighted by molar-refractivity contribution is 6.34. The van der Waals surface area contributed by atoms with E-state index in [-0.39, 0.29) is 23.1 Å². The van der Waals surface area contributed by atoms with Gasteiger partial charge in [0.15, 0.2) is 17.6 Å². The predicted octanol–water partition coefficient (Wildman–Crippen LogP) is 7.97. The molecule has 1 aromatic carbocycles. The molecule has 0 aliphatic carbocycles. The Bertz CT molecular complexity index is 1420. The summed E-state index contributed by atoms with van der Waals surface area (Å²) in [5, 5.41) is 19.1. The van der Waals surface area contributed by atoms with Crippen molar-refractivity contribution in [3.05, 3.63) is 40.8 Å². The molecule has 2 aromatic heterocycles. The van der Waals surface area contributed by atoms with Gasteiger partial charge < -0.3 is 15.4 Å². The van der Waals surface area contributed by atoms with E-state index in [1.807, 2.05) is 58.2 Å². The summed E-state index contributed by atoms with van der Waals surface area (Å²) < 4.78 is 8.24. The Kier molecular flexibility index (Phi) is 11.6. The Hall–Kier alpha value is -3.07. The molecular weight excluding hydrogens is 576 g/mol. The van der Waals surface area contributed by atoms with Gasteiger partial charge >= 0.3 is 0 Å². The van der Waals surface area contributed by atoms with Crippen LogP contribution < -0.4 is 15.4 Å². The van der Waals surface area contributed by atoms with Crippen LogP contribution in [0.2, 0.25) is 5.02 Å². The number of H-pyrrole nitrogens is 1. The van der Waals surface area contributed by atoms with E-state index in [0.29, 0.717) is 34.4 Å². The SMILES string of the molecule is CCCCCCCCC(Oc1ccccc1NC(=O)C(C)C)C(=O)NC(C)(C)C(C)(C)c1nnc2c(Cl)c(C(C)(C)C)[nH]n12. The van der Waals surface area contributed by atoms with Gasteiger partial charge in [-0.2, -0.15) is 0 Å². The first-order chi connectivity index (χ1) is 20.5. The minimum absolute atomic E-state index is 0.112. The Morgan fingerprint density at radius 1 is 0.955 bits per heavy atom. The second-order valence-corrected chi connectivity index (χ2v) is 14.7. The van der Waals surface area contributed by atoms with Crippen LogP contribution in [0.4, 0.5) is 5.69 Å². The topological polar surface area (TPSA) is 113 Å². The molecule has 3 N–H and O–H groups in total. The van der Waals surface area contributed by atoms with Gasteiger partial charge in [0.05, 0.1) is 11.4 Å². The minimum Gasteiger partial charge on any atom is -0.478 e. The second kappa shape index (κ2) is 14.4. The van der Waals surface area contributed by atoms with Gasteiger partial charge in [-0.25, -0.2) is 4.52 Å². The molecule has 0 aliphatic rings. The first-order valence-electron chi connectivity index (χ1n) is 16.0. The van der Waals surface area contributed by atoms with Crippen LogP contribution in [0.25, 0.3) is 5.65 Å². The van der Waals surface area contributed by atoms with E-state index in [1.54, 1.807) is 12.1 Å². The van der Waals surface area contributed by atoms with Crippen LogP contribution in [0.15, 0.2) is 24.3 Å². The highest BCUT2D eigenvalue weighted by atomic mass is 35.5. The third kappa shape index (κ3) is 8.14. The van der Waals surface area contributed by atoms with Crippen LogP contribution in [-0.2, 0) is 20.4 Å². The van der Waals surface area contributed by atoms with Gasteiger partial charge in [-0.1, -0.05) is 111 Å². The van der Waals surface area contributed by atoms with Crippen molar-refractivity contribution >= 4 is 34.7 Å². The molecule has 0 saturated heterocycles. The van der Waals surface area contributed by atoms with Crippen molar-refractivity contribution < 1.29 is 14.3 Å². The van der Waals surface area contributed by atoms with E-state index in [4.69, 9.17) is 16.3 Å². The largest absolute Gasteiger partial charge is 0.478 e. The van der Waals surface area contributed by atoms with Crippen molar-refractivity contribution in [2.24, 2.45) is 5.92 Å². The number of fused-ring (bicyclic) bond motifs is 1. The average Bonchev–Trinajstić information content (AvgIpc) is 3.50. The average molecular weight is 629 g/mol. The van der Waals surface area contributed by atoms with E-state index in [0.717, 1.165) is 25.0 Å². The number of carbonyl (C=O) groups excluding carboxylic acids is 2. The summed E-state index contributed by atoms with van der Waals surface area (Å²) in [7, 11) is 0. The molecule has 0 bridgehead atoms. The summed E-state index contributed by atoms with van der Waals surface area (Å²) in [4.78, 5) is 26.5. The Morgan fingerprint density at radius 3 is 2.23 bits per heavy atom. The zero-order valence-corrected chi connectivity index (χ0v) is 29.1. The first kappa shape index (κ1) is 35.4. The number of benzene rings is 1. The van der Waals surface area contributed by atoms with Crippen LogP contribution >= 0.6 is 11.6 Å². The third-order valence-corrected chi connectivity index (χ3v) is 9.02. The number of hydrogen-bond acceptors (Lipinski definition) is 5. The number of aromatic nitrogens is 4. The lowest BCUT2D eigenvalue weighted by atomic mass is 9.73. The minimum atomic E-state index is -0.763. The maximum absolute atomic E-state index is 14.0. The monoisotopic (exact) mass is 628 g/mol. The van der Waals surface area contributed by atoms with Gasteiger partial charge in [-0.3, -0.25) is 14.7 Å². The highest BCUT2D eigenvalue weighted by Gasteiger charge is 2.45. The molecule has 2 amide bonds. The van der Waals surface area contributed by atoms with E-state index in [1.165, 1.54) is 19.3 Å². The molecule has 1 unspecified atom stereocenters. The molecule has 244 valence electrons. The van der Waals surface area contributed by atoms with Gasteiger partial charge in [0.2, 0.25) is 5.91 Å². The molecule has 1 atom stereocenters. The number of hydrogen-bond donors (Lipinski definition) is 3. The molecule has 10 heteroatoms. The lowest BCUT2D eigenvalue weighted by molar-refractivity contribution is -0.130. The van der Waals surface area contributed by atoms with Crippen molar-refractivity contribution in [2.45, 2.75) is 137 Å². The van der Waals surface area contributed by atoms with E-state index in [2.05, 4.69) is 53.6 Å². The molecule has 0 saturated carbocycles. The predicted molar refractivity (Wildman–Crippen MR) is 179 cm³/mol. The fraction of sp³-hybridized carbons (Fsp3) is 0.647. The number of nitrogens with one attached hydrogen (secondary N) is 3. The van der Waals surface area contributed by atoms with Gasteiger partial charge in [0.1, 0.15) is 10.8 Å². The van der Waals surface area contributed by atoms with Gasteiger partial charge in [0.25, 0.3) is 5.91 Å². The van der Waals surface area contributed by atoms with E-state index >= 15 is 0 Å². The summed E-state index contributed by atoms with van der Waals surface area (Å²) in [5.74, 6) is 0.609. The van der Waals surface area contributed by atoms with Gasteiger partial charge in [-0.15, -0.1) is 10.2 Å². The first-order valence-corrected chi connectivity index (χ1v) is 16.4. The number of unbranched alkanes of at least 4 members (excludes halogenated alkanes) is 5. The van der Waals surface area contributed by atoms with Crippen LogP contribution in [0.3, 0.4) is 0 Å². The van der Waals surface area contributed by atoms with Gasteiger partial charge in [0, 0.05) is 22.3 Å². The number of halogens is 1. The molecule has 0 fully saturated rings. The smallest absolute Gasteiger partial charge is 0.261 e. The quantitative estimate of drug-likeness (QED) is 0.148. The summed E-state index contributed by atoms with van der Waals surface area (Å²) in [6.45, 7) is 20.2. The van der Waals surface area contributed by atoms with Crippen LogP contribution in [-0.4, -0.2) is 43.3 Å². The summed E-state index contributed by atoms with van der Waals surface area (Å²) >= 11 is 6.71. The normalized spacial score (nSPS) is 13.4. The van der Waals surface area contributed by atoms with E-state index < -0.39 is 17.1 Å². The zero-order chi connectivity index (χ0) is 32.9. The molecular formula is C34H53ClN6O3.